The van der Waals surface area contributed by atoms with E-state index in [1.165, 1.54) is 12.8 Å². The first-order valence-corrected chi connectivity index (χ1v) is 8.05. The van der Waals surface area contributed by atoms with Crippen molar-refractivity contribution in [1.82, 2.24) is 0 Å². The molecule has 0 amide bonds. The van der Waals surface area contributed by atoms with E-state index in [9.17, 15) is 15.3 Å². The summed E-state index contributed by atoms with van der Waals surface area (Å²) >= 11 is 0. The molecule has 0 radical (unpaired) electrons. The van der Waals surface area contributed by atoms with Gasteiger partial charge in [-0.05, 0) is 25.7 Å². The van der Waals surface area contributed by atoms with E-state index in [0.717, 1.165) is 25.7 Å². The Bertz CT molecular complexity index is 282. The van der Waals surface area contributed by atoms with Gasteiger partial charge in [0.2, 0.25) is 0 Å². The van der Waals surface area contributed by atoms with Crippen molar-refractivity contribution in [3.05, 3.63) is 12.2 Å². The van der Waals surface area contributed by atoms with Gasteiger partial charge in [0.25, 0.3) is 0 Å². The summed E-state index contributed by atoms with van der Waals surface area (Å²) in [5.74, 6) is 0. The molecular formula is C16H30O5. The molecule has 1 rings (SSSR count). The molecule has 0 aromatic carbocycles. The fourth-order valence-electron chi connectivity index (χ4n) is 2.44. The number of ether oxygens (including phenoxy) is 2. The van der Waals surface area contributed by atoms with E-state index < -0.39 is 24.4 Å². The molecule has 0 spiro atoms. The predicted molar refractivity (Wildman–Crippen MR) is 81.1 cm³/mol. The van der Waals surface area contributed by atoms with Crippen LogP contribution >= 0.6 is 0 Å². The van der Waals surface area contributed by atoms with Gasteiger partial charge in [-0.15, -0.1) is 0 Å². The minimum absolute atomic E-state index is 0.0942. The molecule has 4 atom stereocenters. The first kappa shape index (κ1) is 18.6. The Labute approximate surface area is 127 Å². The molecular weight excluding hydrogens is 272 g/mol. The quantitative estimate of drug-likeness (QED) is 0.397. The van der Waals surface area contributed by atoms with Crippen molar-refractivity contribution in [2.75, 3.05) is 19.8 Å². The fourth-order valence-corrected chi connectivity index (χ4v) is 2.44. The van der Waals surface area contributed by atoms with E-state index in [4.69, 9.17) is 9.47 Å². The zero-order valence-electron chi connectivity index (χ0n) is 13.0. The summed E-state index contributed by atoms with van der Waals surface area (Å²) < 4.78 is 10.8. The molecule has 1 aliphatic rings. The van der Waals surface area contributed by atoms with E-state index in [0.29, 0.717) is 6.61 Å². The van der Waals surface area contributed by atoms with E-state index >= 15 is 0 Å². The van der Waals surface area contributed by atoms with Gasteiger partial charge < -0.3 is 24.8 Å². The van der Waals surface area contributed by atoms with Crippen molar-refractivity contribution >= 4 is 0 Å². The highest BCUT2D eigenvalue weighted by molar-refractivity contribution is 4.88. The van der Waals surface area contributed by atoms with Gasteiger partial charge in [-0.1, -0.05) is 31.9 Å². The molecule has 0 aliphatic carbocycles. The average molecular weight is 302 g/mol. The van der Waals surface area contributed by atoms with Gasteiger partial charge in [-0.25, -0.2) is 0 Å². The number of aliphatic hydroxyl groups is 3. The molecule has 1 aliphatic heterocycles. The third-order valence-corrected chi connectivity index (χ3v) is 3.74. The number of rotatable bonds is 11. The van der Waals surface area contributed by atoms with Crippen LogP contribution in [0.2, 0.25) is 0 Å². The Hall–Kier alpha value is -0.460. The topological polar surface area (TPSA) is 79.2 Å². The van der Waals surface area contributed by atoms with Crippen molar-refractivity contribution in [2.24, 2.45) is 0 Å². The predicted octanol–water partition coefficient (Wildman–Crippen LogP) is 1.40. The molecule has 3 N–H and O–H groups in total. The van der Waals surface area contributed by atoms with Crippen molar-refractivity contribution in [1.29, 1.82) is 0 Å². The van der Waals surface area contributed by atoms with Crippen molar-refractivity contribution in [3.8, 4) is 0 Å². The van der Waals surface area contributed by atoms with Crippen molar-refractivity contribution < 1.29 is 24.8 Å². The first-order valence-electron chi connectivity index (χ1n) is 8.05. The Morgan fingerprint density at radius 2 is 1.95 bits per heavy atom. The number of aliphatic hydroxyl groups excluding tert-OH is 3. The summed E-state index contributed by atoms with van der Waals surface area (Å²) in [6.07, 6.45) is 7.96. The van der Waals surface area contributed by atoms with Crippen LogP contribution in [0, 0.1) is 0 Å². The fraction of sp³-hybridized carbons (Fsp3) is 0.875. The minimum Gasteiger partial charge on any atom is -0.394 e. The van der Waals surface area contributed by atoms with Gasteiger partial charge in [0.1, 0.15) is 24.4 Å². The second-order valence-corrected chi connectivity index (χ2v) is 5.53. The molecule has 0 bridgehead atoms. The Kier molecular flexibility index (Phi) is 9.87. The number of unbranched alkanes of at least 4 members (excludes halogenated alkanes) is 4. The molecule has 21 heavy (non-hydrogen) atoms. The summed E-state index contributed by atoms with van der Waals surface area (Å²) in [6, 6.07) is 0. The van der Waals surface area contributed by atoms with E-state index in [2.05, 4.69) is 19.1 Å². The smallest absolute Gasteiger partial charge is 0.114 e. The third-order valence-electron chi connectivity index (χ3n) is 3.74. The summed E-state index contributed by atoms with van der Waals surface area (Å²) in [4.78, 5) is 0. The second kappa shape index (κ2) is 11.2. The highest BCUT2D eigenvalue weighted by Crippen LogP contribution is 2.19. The Balaban J connectivity index is 2.06. The van der Waals surface area contributed by atoms with Crippen LogP contribution in [0.1, 0.15) is 45.4 Å². The molecule has 0 aromatic heterocycles. The average Bonchev–Trinajstić information content (AvgIpc) is 2.82. The summed E-state index contributed by atoms with van der Waals surface area (Å²) in [6.45, 7) is 2.56. The van der Waals surface area contributed by atoms with Crippen LogP contribution in [0.5, 0.6) is 0 Å². The van der Waals surface area contributed by atoms with Gasteiger partial charge in [-0.3, -0.25) is 0 Å². The van der Waals surface area contributed by atoms with Gasteiger partial charge in [0.05, 0.1) is 13.2 Å². The summed E-state index contributed by atoms with van der Waals surface area (Å²) in [7, 11) is 0. The lowest BCUT2D eigenvalue weighted by Crippen LogP contribution is -2.42. The van der Waals surface area contributed by atoms with Gasteiger partial charge >= 0.3 is 0 Å². The lowest BCUT2D eigenvalue weighted by Gasteiger charge is -2.24. The van der Waals surface area contributed by atoms with Crippen LogP contribution in [-0.2, 0) is 9.47 Å². The van der Waals surface area contributed by atoms with Gasteiger partial charge in [-0.2, -0.15) is 0 Å². The van der Waals surface area contributed by atoms with Crippen LogP contribution < -0.4 is 0 Å². The van der Waals surface area contributed by atoms with Crippen LogP contribution in [0.4, 0.5) is 0 Å². The highest BCUT2D eigenvalue weighted by Gasteiger charge is 2.40. The Morgan fingerprint density at radius 1 is 1.19 bits per heavy atom. The lowest BCUT2D eigenvalue weighted by molar-refractivity contribution is -0.101. The van der Waals surface area contributed by atoms with E-state index in [1.54, 1.807) is 0 Å². The van der Waals surface area contributed by atoms with Crippen LogP contribution in [0.15, 0.2) is 12.2 Å². The largest absolute Gasteiger partial charge is 0.394 e. The SMILES string of the molecule is CC/C=C/CCCCCCO[C@H](CO)[C@@H]1OC[C@H](O)[C@@H]1O. The number of hydrogen-bond donors (Lipinski definition) is 3. The van der Waals surface area contributed by atoms with E-state index in [-0.39, 0.29) is 13.2 Å². The van der Waals surface area contributed by atoms with Crippen LogP contribution in [0.3, 0.4) is 0 Å². The third kappa shape index (κ3) is 6.89. The lowest BCUT2D eigenvalue weighted by atomic mass is 10.1. The molecule has 0 saturated carbocycles. The zero-order chi connectivity index (χ0) is 15.5. The van der Waals surface area contributed by atoms with Crippen molar-refractivity contribution in [2.45, 2.75) is 69.9 Å². The van der Waals surface area contributed by atoms with Crippen LogP contribution in [-0.4, -0.2) is 59.6 Å². The molecule has 124 valence electrons. The van der Waals surface area contributed by atoms with Gasteiger partial charge in [0.15, 0.2) is 0 Å². The molecule has 5 heteroatoms. The van der Waals surface area contributed by atoms with Gasteiger partial charge in [0, 0.05) is 6.61 Å². The van der Waals surface area contributed by atoms with E-state index in [1.807, 2.05) is 0 Å². The monoisotopic (exact) mass is 302 g/mol. The number of allylic oxidation sites excluding steroid dienone is 2. The first-order chi connectivity index (χ1) is 10.2. The summed E-state index contributed by atoms with van der Waals surface area (Å²) in [5.41, 5.74) is 0. The minimum atomic E-state index is -0.979. The summed E-state index contributed by atoms with van der Waals surface area (Å²) in [5, 5.41) is 28.5. The highest BCUT2D eigenvalue weighted by atomic mass is 16.6. The molecule has 0 unspecified atom stereocenters. The Morgan fingerprint density at radius 3 is 2.57 bits per heavy atom. The molecule has 1 heterocycles. The maximum atomic E-state index is 9.73. The molecule has 0 aromatic rings. The van der Waals surface area contributed by atoms with Crippen LogP contribution in [0.25, 0.3) is 0 Å². The zero-order valence-corrected chi connectivity index (χ0v) is 13.0. The van der Waals surface area contributed by atoms with Crippen molar-refractivity contribution in [3.63, 3.8) is 0 Å². The standard InChI is InChI=1S/C16H30O5/c1-2-3-4-5-6-7-8-9-10-20-14(11-17)16-15(19)13(18)12-21-16/h3-4,13-19H,2,5-12H2,1H3/b4-3+/t13-,14+,15-,16-/m0/s1. The molecule has 1 fully saturated rings. The molecule has 1 saturated heterocycles. The second-order valence-electron chi connectivity index (χ2n) is 5.53. The maximum Gasteiger partial charge on any atom is 0.114 e. The molecule has 5 nitrogen and oxygen atoms in total. The number of hydrogen-bond acceptors (Lipinski definition) is 5. The normalized spacial score (nSPS) is 27.5. The maximum absolute atomic E-state index is 9.73.